The Kier molecular flexibility index (Phi) is 4.93. The lowest BCUT2D eigenvalue weighted by molar-refractivity contribution is -0.145. The van der Waals surface area contributed by atoms with Crippen LogP contribution in [0, 0.1) is 5.92 Å². The van der Waals surface area contributed by atoms with Gasteiger partial charge < -0.3 is 14.7 Å². The highest BCUT2D eigenvalue weighted by Gasteiger charge is 2.37. The van der Waals surface area contributed by atoms with Crippen LogP contribution in [0.4, 0.5) is 0 Å². The lowest BCUT2D eigenvalue weighted by Gasteiger charge is -2.27. The van der Waals surface area contributed by atoms with Gasteiger partial charge >= 0.3 is 5.97 Å². The standard InChI is InChI=1S/C20H23NO4/c1-13(20(23)24)12-21(16-10-11-16)19(22)14(2)25-18-9-5-7-15-6-3-4-8-17(15)18/h3-9,13-14,16H,10-12H2,1-2H3,(H,23,24). The van der Waals surface area contributed by atoms with Crippen molar-refractivity contribution in [2.75, 3.05) is 6.54 Å². The number of carbonyl (C=O) groups is 2. The van der Waals surface area contributed by atoms with Crippen LogP contribution in [0.1, 0.15) is 26.7 Å². The molecule has 0 radical (unpaired) electrons. The van der Waals surface area contributed by atoms with Gasteiger partial charge in [-0.1, -0.05) is 43.3 Å². The van der Waals surface area contributed by atoms with Gasteiger partial charge in [-0.05, 0) is 31.2 Å². The van der Waals surface area contributed by atoms with Crippen molar-refractivity contribution in [1.29, 1.82) is 0 Å². The van der Waals surface area contributed by atoms with Gasteiger partial charge in [0.2, 0.25) is 0 Å². The minimum atomic E-state index is -0.888. The Morgan fingerprint density at radius 2 is 1.84 bits per heavy atom. The third kappa shape index (κ3) is 3.92. The van der Waals surface area contributed by atoms with E-state index in [1.807, 2.05) is 42.5 Å². The summed E-state index contributed by atoms with van der Waals surface area (Å²) in [6.45, 7) is 3.58. The van der Waals surface area contributed by atoms with Crippen LogP contribution in [0.2, 0.25) is 0 Å². The molecule has 2 aromatic rings. The number of fused-ring (bicyclic) bond motifs is 1. The molecule has 132 valence electrons. The molecule has 2 unspecified atom stereocenters. The third-order valence-electron chi connectivity index (χ3n) is 4.56. The summed E-state index contributed by atoms with van der Waals surface area (Å²) in [5.74, 6) is -0.958. The molecule has 25 heavy (non-hydrogen) atoms. The predicted octanol–water partition coefficient (Wildman–Crippen LogP) is 3.32. The molecule has 0 aliphatic heterocycles. The second-order valence-electron chi connectivity index (χ2n) is 6.70. The molecule has 1 amide bonds. The second-order valence-corrected chi connectivity index (χ2v) is 6.70. The summed E-state index contributed by atoms with van der Waals surface area (Å²) in [6.07, 6.45) is 1.20. The van der Waals surface area contributed by atoms with Crippen molar-refractivity contribution in [3.63, 3.8) is 0 Å². The maximum absolute atomic E-state index is 12.8. The largest absolute Gasteiger partial charge is 0.481 e. The van der Waals surface area contributed by atoms with Gasteiger partial charge in [0, 0.05) is 18.0 Å². The summed E-state index contributed by atoms with van der Waals surface area (Å²) in [6, 6.07) is 13.8. The Balaban J connectivity index is 1.75. The highest BCUT2D eigenvalue weighted by molar-refractivity contribution is 5.89. The van der Waals surface area contributed by atoms with Crippen molar-refractivity contribution < 1.29 is 19.4 Å². The molecule has 1 saturated carbocycles. The smallest absolute Gasteiger partial charge is 0.308 e. The summed E-state index contributed by atoms with van der Waals surface area (Å²) in [4.78, 5) is 25.6. The zero-order valence-electron chi connectivity index (χ0n) is 14.5. The van der Waals surface area contributed by atoms with Crippen molar-refractivity contribution >= 4 is 22.6 Å². The lowest BCUT2D eigenvalue weighted by atomic mass is 10.1. The fraction of sp³-hybridized carbons (Fsp3) is 0.400. The van der Waals surface area contributed by atoms with E-state index in [2.05, 4.69) is 0 Å². The van der Waals surface area contributed by atoms with Gasteiger partial charge in [0.25, 0.3) is 5.91 Å². The van der Waals surface area contributed by atoms with Crippen molar-refractivity contribution in [3.05, 3.63) is 42.5 Å². The molecule has 1 aliphatic carbocycles. The van der Waals surface area contributed by atoms with E-state index in [1.54, 1.807) is 18.7 Å². The Morgan fingerprint density at radius 1 is 1.16 bits per heavy atom. The Labute approximate surface area is 147 Å². The molecule has 0 bridgehead atoms. The number of ether oxygens (including phenoxy) is 1. The van der Waals surface area contributed by atoms with Crippen LogP contribution in [0.5, 0.6) is 5.75 Å². The fourth-order valence-electron chi connectivity index (χ4n) is 2.95. The quantitative estimate of drug-likeness (QED) is 0.839. The van der Waals surface area contributed by atoms with E-state index in [4.69, 9.17) is 9.84 Å². The van der Waals surface area contributed by atoms with Crippen LogP contribution in [0.15, 0.2) is 42.5 Å². The van der Waals surface area contributed by atoms with Crippen LogP contribution < -0.4 is 4.74 Å². The maximum Gasteiger partial charge on any atom is 0.308 e. The van der Waals surface area contributed by atoms with Crippen molar-refractivity contribution in [2.45, 2.75) is 38.8 Å². The Morgan fingerprint density at radius 3 is 2.52 bits per heavy atom. The number of carboxylic acids is 1. The third-order valence-corrected chi connectivity index (χ3v) is 4.56. The number of rotatable bonds is 7. The first-order valence-electron chi connectivity index (χ1n) is 8.65. The first-order chi connectivity index (χ1) is 12.0. The maximum atomic E-state index is 12.8. The van der Waals surface area contributed by atoms with E-state index in [9.17, 15) is 9.59 Å². The number of hydrogen-bond donors (Lipinski definition) is 1. The number of benzene rings is 2. The normalized spacial score (nSPS) is 16.2. The van der Waals surface area contributed by atoms with E-state index < -0.39 is 18.0 Å². The van der Waals surface area contributed by atoms with Crippen LogP contribution in [0.3, 0.4) is 0 Å². The molecule has 0 saturated heterocycles. The molecule has 5 heteroatoms. The molecule has 5 nitrogen and oxygen atoms in total. The Hall–Kier alpha value is -2.56. The molecule has 1 N–H and O–H groups in total. The number of nitrogens with zero attached hydrogens (tertiary/aromatic N) is 1. The molecule has 1 aliphatic rings. The van der Waals surface area contributed by atoms with Crippen LogP contribution in [-0.4, -0.2) is 40.6 Å². The first-order valence-corrected chi connectivity index (χ1v) is 8.65. The monoisotopic (exact) mass is 341 g/mol. The molecular formula is C20H23NO4. The zero-order chi connectivity index (χ0) is 18.0. The molecule has 0 spiro atoms. The predicted molar refractivity (Wildman–Crippen MR) is 95.6 cm³/mol. The topological polar surface area (TPSA) is 66.8 Å². The van der Waals surface area contributed by atoms with Gasteiger partial charge in [-0.2, -0.15) is 0 Å². The van der Waals surface area contributed by atoms with Gasteiger partial charge in [-0.3, -0.25) is 9.59 Å². The van der Waals surface area contributed by atoms with Gasteiger partial charge in [-0.25, -0.2) is 0 Å². The number of amides is 1. The summed E-state index contributed by atoms with van der Waals surface area (Å²) in [5, 5.41) is 11.2. The summed E-state index contributed by atoms with van der Waals surface area (Å²) in [7, 11) is 0. The Bertz CT molecular complexity index is 779. The van der Waals surface area contributed by atoms with Crippen molar-refractivity contribution in [3.8, 4) is 5.75 Å². The van der Waals surface area contributed by atoms with E-state index in [1.165, 1.54) is 0 Å². The number of hydrogen-bond acceptors (Lipinski definition) is 3. The van der Waals surface area contributed by atoms with E-state index in [-0.39, 0.29) is 18.5 Å². The van der Waals surface area contributed by atoms with Crippen LogP contribution >= 0.6 is 0 Å². The van der Waals surface area contributed by atoms with Gasteiger partial charge in [-0.15, -0.1) is 0 Å². The molecule has 2 aromatic carbocycles. The van der Waals surface area contributed by atoms with Gasteiger partial charge in [0.05, 0.1) is 5.92 Å². The minimum absolute atomic E-state index is 0.146. The molecule has 0 aromatic heterocycles. The summed E-state index contributed by atoms with van der Waals surface area (Å²) >= 11 is 0. The van der Waals surface area contributed by atoms with Crippen molar-refractivity contribution in [1.82, 2.24) is 4.90 Å². The number of carbonyl (C=O) groups excluding carboxylic acids is 1. The molecular weight excluding hydrogens is 318 g/mol. The van der Waals surface area contributed by atoms with Crippen molar-refractivity contribution in [2.24, 2.45) is 5.92 Å². The molecule has 0 heterocycles. The lowest BCUT2D eigenvalue weighted by Crippen LogP contribution is -2.45. The van der Waals surface area contributed by atoms with Gasteiger partial charge in [0.15, 0.2) is 6.10 Å². The van der Waals surface area contributed by atoms with Crippen LogP contribution in [-0.2, 0) is 9.59 Å². The first kappa shape index (κ1) is 17.3. The molecule has 1 fully saturated rings. The number of aliphatic carboxylic acids is 1. The SMILES string of the molecule is CC(CN(C(=O)C(C)Oc1cccc2ccccc12)C1CC1)C(=O)O. The number of carboxylic acid groups (broad SMARTS) is 1. The average molecular weight is 341 g/mol. The highest BCUT2D eigenvalue weighted by atomic mass is 16.5. The molecule has 3 rings (SSSR count). The van der Waals surface area contributed by atoms with E-state index in [0.717, 1.165) is 23.6 Å². The van der Waals surface area contributed by atoms with Gasteiger partial charge in [0.1, 0.15) is 5.75 Å². The van der Waals surface area contributed by atoms with E-state index in [0.29, 0.717) is 5.75 Å². The zero-order valence-corrected chi connectivity index (χ0v) is 14.5. The van der Waals surface area contributed by atoms with E-state index >= 15 is 0 Å². The fourth-order valence-corrected chi connectivity index (χ4v) is 2.95. The summed E-state index contributed by atoms with van der Waals surface area (Å²) in [5.41, 5.74) is 0. The molecule has 2 atom stereocenters. The van der Waals surface area contributed by atoms with Crippen LogP contribution in [0.25, 0.3) is 10.8 Å². The average Bonchev–Trinajstić information content (AvgIpc) is 3.44. The summed E-state index contributed by atoms with van der Waals surface area (Å²) < 4.78 is 5.95. The highest BCUT2D eigenvalue weighted by Crippen LogP contribution is 2.30. The second kappa shape index (κ2) is 7.13. The minimum Gasteiger partial charge on any atom is -0.481 e.